The first-order valence-corrected chi connectivity index (χ1v) is 20.0. The van der Waals surface area contributed by atoms with E-state index in [1.54, 1.807) is 23.5 Å². The molecule has 11 heteroatoms. The number of aliphatic hydroxyl groups is 1. The second kappa shape index (κ2) is 16.1. The normalized spacial score (nSPS) is 18.1. The van der Waals surface area contributed by atoms with Crippen molar-refractivity contribution in [3.05, 3.63) is 128 Å². The number of hydrogen-bond acceptors (Lipinski definition) is 9. The molecule has 1 aliphatic carbocycles. The number of benzene rings is 3. The lowest BCUT2D eigenvalue weighted by atomic mass is 9.81. The van der Waals surface area contributed by atoms with E-state index in [0.29, 0.717) is 29.1 Å². The summed E-state index contributed by atoms with van der Waals surface area (Å²) in [6.07, 6.45) is 5.41. The van der Waals surface area contributed by atoms with E-state index in [-0.39, 0.29) is 28.9 Å². The van der Waals surface area contributed by atoms with Gasteiger partial charge in [0.15, 0.2) is 0 Å². The first-order chi connectivity index (χ1) is 26.4. The second-order valence-corrected chi connectivity index (χ2v) is 16.7. The highest BCUT2D eigenvalue weighted by Crippen LogP contribution is 2.38. The number of thiophene rings is 1. The first kappa shape index (κ1) is 38.5. The summed E-state index contributed by atoms with van der Waals surface area (Å²) in [6, 6.07) is 27.1. The average Bonchev–Trinajstić information content (AvgIpc) is 3.88. The predicted molar refractivity (Wildman–Crippen MR) is 219 cm³/mol. The van der Waals surface area contributed by atoms with Gasteiger partial charge in [0, 0.05) is 46.4 Å². The molecular weight excluding hydrogens is 711 g/mol. The molecule has 7 rings (SSSR count). The Morgan fingerprint density at radius 1 is 1.04 bits per heavy atom. The van der Waals surface area contributed by atoms with Crippen LogP contribution < -0.4 is 10.9 Å². The molecule has 55 heavy (non-hydrogen) atoms. The molecular formula is C44H51N5O5S. The number of aromatic nitrogens is 3. The van der Waals surface area contributed by atoms with Gasteiger partial charge in [-0.05, 0) is 112 Å². The maximum Gasteiger partial charge on any atom is 0.321 e. The monoisotopic (exact) mass is 761 g/mol. The highest BCUT2D eigenvalue weighted by molar-refractivity contribution is 7.10. The third-order valence-electron chi connectivity index (χ3n) is 11.4. The number of aliphatic hydroxyl groups excluding tert-OH is 1. The highest BCUT2D eigenvalue weighted by Gasteiger charge is 2.41. The van der Waals surface area contributed by atoms with Gasteiger partial charge in [0.25, 0.3) is 0 Å². The molecule has 4 N–H and O–H groups in total. The fourth-order valence-corrected chi connectivity index (χ4v) is 8.93. The molecule has 3 heterocycles. The molecule has 0 bridgehead atoms. The Hall–Kier alpha value is -4.81. The van der Waals surface area contributed by atoms with Gasteiger partial charge < -0.3 is 30.2 Å². The number of ether oxygens (including phenoxy) is 1. The number of phenolic OH excluding ortho intramolecular Hbond substituents is 1. The van der Waals surface area contributed by atoms with Crippen LogP contribution in [-0.4, -0.2) is 73.7 Å². The lowest BCUT2D eigenvalue weighted by molar-refractivity contribution is -0.155. The molecule has 6 aromatic rings. The molecule has 0 amide bonds. The third kappa shape index (κ3) is 8.40. The summed E-state index contributed by atoms with van der Waals surface area (Å²) in [5.41, 5.74) is 2.71. The molecule has 1 unspecified atom stereocenters. The van der Waals surface area contributed by atoms with E-state index in [1.807, 2.05) is 61.0 Å². The minimum absolute atomic E-state index is 0.0286. The molecule has 1 saturated carbocycles. The van der Waals surface area contributed by atoms with E-state index < -0.39 is 11.5 Å². The summed E-state index contributed by atoms with van der Waals surface area (Å²) >= 11 is 1.59. The Bertz CT molecular complexity index is 2290. The number of nitrogens with zero attached hydrogens (tertiary/aromatic N) is 3. The fourth-order valence-electron chi connectivity index (χ4n) is 8.03. The van der Waals surface area contributed by atoms with Crippen LogP contribution in [0.2, 0.25) is 0 Å². The van der Waals surface area contributed by atoms with Crippen molar-refractivity contribution < 1.29 is 19.7 Å². The van der Waals surface area contributed by atoms with Crippen LogP contribution in [0, 0.1) is 0 Å². The largest absolute Gasteiger partial charge is 0.506 e. The highest BCUT2D eigenvalue weighted by atomic mass is 32.1. The van der Waals surface area contributed by atoms with Crippen molar-refractivity contribution in [2.24, 2.45) is 0 Å². The van der Waals surface area contributed by atoms with Crippen LogP contribution in [-0.2, 0) is 27.9 Å². The number of aromatic hydroxyl groups is 1. The smallest absolute Gasteiger partial charge is 0.321 e. The number of β-amino-alcohol motifs (C(OH)–C–C–N with tert-alkyl or cyclic N) is 1. The number of H-pyrrole nitrogens is 1. The molecule has 3 aromatic heterocycles. The zero-order valence-electron chi connectivity index (χ0n) is 32.0. The van der Waals surface area contributed by atoms with E-state index in [2.05, 4.69) is 59.0 Å². The summed E-state index contributed by atoms with van der Waals surface area (Å²) in [4.78, 5) is 31.6. The van der Waals surface area contributed by atoms with Crippen LogP contribution >= 0.6 is 11.3 Å². The topological polar surface area (TPSA) is 133 Å². The standard InChI is InChI=1S/C44H51N5O5S/c1-43(2,45-28-38(51)34-17-20-37(50)41-35(34)18-21-40(52)47-41)26-29-12-19-36-30(25-29)27-46-49(36)23-22-48(4)32-13-15-33(16-14-32)54-42(53)44(3,39-11-8-24-55-39)31-9-6-5-7-10-31/h5-12,17-21,24-25,27,32-33,38,45,50-51H,13-16,22-23,26,28H2,1-4H3,(H,47,52)/t32-,33-,38-,44?/m0/s1. The lowest BCUT2D eigenvalue weighted by Crippen LogP contribution is -2.43. The molecule has 1 aliphatic rings. The molecule has 1 fully saturated rings. The molecule has 3 aromatic carbocycles. The Labute approximate surface area is 325 Å². The minimum Gasteiger partial charge on any atom is -0.506 e. The van der Waals surface area contributed by atoms with Crippen molar-refractivity contribution in [2.75, 3.05) is 20.1 Å². The zero-order valence-corrected chi connectivity index (χ0v) is 32.8. The summed E-state index contributed by atoms with van der Waals surface area (Å²) in [5, 5.41) is 33.3. The van der Waals surface area contributed by atoms with Crippen LogP contribution in [0.4, 0.5) is 0 Å². The maximum absolute atomic E-state index is 13.8. The lowest BCUT2D eigenvalue weighted by Gasteiger charge is -2.36. The Morgan fingerprint density at radius 3 is 2.56 bits per heavy atom. The number of carbonyl (C=O) groups excluding carboxylic acids is 1. The third-order valence-corrected chi connectivity index (χ3v) is 12.5. The number of phenols is 1. The number of carbonyl (C=O) groups is 1. The number of esters is 1. The van der Waals surface area contributed by atoms with E-state index in [1.165, 1.54) is 17.7 Å². The molecule has 0 spiro atoms. The Morgan fingerprint density at radius 2 is 1.82 bits per heavy atom. The predicted octanol–water partition coefficient (Wildman–Crippen LogP) is 7.08. The van der Waals surface area contributed by atoms with Gasteiger partial charge in [0.2, 0.25) is 5.56 Å². The molecule has 0 radical (unpaired) electrons. The van der Waals surface area contributed by atoms with Crippen molar-refractivity contribution in [3.63, 3.8) is 0 Å². The van der Waals surface area contributed by atoms with Crippen LogP contribution in [0.1, 0.15) is 74.1 Å². The van der Waals surface area contributed by atoms with E-state index in [0.717, 1.165) is 66.5 Å². The summed E-state index contributed by atoms with van der Waals surface area (Å²) < 4.78 is 8.31. The molecule has 0 saturated heterocycles. The number of pyridine rings is 1. The van der Waals surface area contributed by atoms with E-state index in [9.17, 15) is 19.8 Å². The van der Waals surface area contributed by atoms with E-state index in [4.69, 9.17) is 9.84 Å². The minimum atomic E-state index is -0.836. The van der Waals surface area contributed by atoms with Crippen LogP contribution in [0.3, 0.4) is 0 Å². The van der Waals surface area contributed by atoms with Crippen molar-refractivity contribution in [3.8, 4) is 5.75 Å². The van der Waals surface area contributed by atoms with Crippen molar-refractivity contribution in [2.45, 2.75) is 88.6 Å². The molecule has 2 atom stereocenters. The number of hydrogen-bond donors (Lipinski definition) is 4. The van der Waals surface area contributed by atoms with Crippen LogP contribution in [0.25, 0.3) is 21.8 Å². The molecule has 0 aliphatic heterocycles. The molecule has 10 nitrogen and oxygen atoms in total. The van der Waals surface area contributed by atoms with Gasteiger partial charge in [0.05, 0.1) is 29.9 Å². The van der Waals surface area contributed by atoms with Crippen LogP contribution in [0.5, 0.6) is 5.75 Å². The zero-order chi connectivity index (χ0) is 38.7. The van der Waals surface area contributed by atoms with Gasteiger partial charge in [-0.1, -0.05) is 48.5 Å². The first-order valence-electron chi connectivity index (χ1n) is 19.1. The summed E-state index contributed by atoms with van der Waals surface area (Å²) in [6.45, 7) is 8.14. The SMILES string of the molecule is CN(CCn1ncc2cc(CC(C)(C)NC[C@H](O)c3ccc(O)c4[nH]c(=O)ccc34)ccc21)[C@H]1CC[C@H](OC(=O)C(C)(c2ccccc2)c2cccs2)CC1. The van der Waals surface area contributed by atoms with Gasteiger partial charge in [-0.2, -0.15) is 5.10 Å². The van der Waals surface area contributed by atoms with Gasteiger partial charge >= 0.3 is 5.97 Å². The number of fused-ring (bicyclic) bond motifs is 2. The maximum atomic E-state index is 13.8. The summed E-state index contributed by atoms with van der Waals surface area (Å²) in [5.74, 6) is -0.204. The Kier molecular flexibility index (Phi) is 11.3. The molecule has 288 valence electrons. The number of nitrogens with one attached hydrogen (secondary N) is 2. The fraction of sp³-hybridized carbons (Fsp3) is 0.386. The van der Waals surface area contributed by atoms with Crippen molar-refractivity contribution in [1.29, 1.82) is 0 Å². The Balaban J connectivity index is 0.900. The average molecular weight is 762 g/mol. The van der Waals surface area contributed by atoms with E-state index >= 15 is 0 Å². The van der Waals surface area contributed by atoms with Gasteiger partial charge in [-0.25, -0.2) is 0 Å². The van der Waals surface area contributed by atoms with Crippen molar-refractivity contribution in [1.82, 2.24) is 25.0 Å². The second-order valence-electron chi connectivity index (χ2n) is 15.8. The number of likely N-dealkylation sites (N-methyl/N-ethyl adjacent to an activating group) is 1. The quantitative estimate of drug-likeness (QED) is 0.0867. The van der Waals surface area contributed by atoms with Gasteiger partial charge in [-0.3, -0.25) is 14.3 Å². The number of rotatable bonds is 14. The van der Waals surface area contributed by atoms with Gasteiger partial charge in [-0.15, -0.1) is 11.3 Å². The van der Waals surface area contributed by atoms with Crippen LogP contribution in [0.15, 0.2) is 101 Å². The summed E-state index contributed by atoms with van der Waals surface area (Å²) in [7, 11) is 2.18. The number of aromatic amines is 1. The van der Waals surface area contributed by atoms with Crippen molar-refractivity contribution >= 4 is 39.1 Å². The van der Waals surface area contributed by atoms with Gasteiger partial charge in [0.1, 0.15) is 17.3 Å².